The topological polar surface area (TPSA) is 96.5 Å². The minimum absolute atomic E-state index is 0.0624. The van der Waals surface area contributed by atoms with Crippen molar-refractivity contribution in [2.24, 2.45) is 0 Å². The molecule has 0 atom stereocenters. The molecule has 0 bridgehead atoms. The molecule has 0 saturated carbocycles. The van der Waals surface area contributed by atoms with E-state index in [-0.39, 0.29) is 24.3 Å². The molecule has 27 heavy (non-hydrogen) atoms. The van der Waals surface area contributed by atoms with Gasteiger partial charge in [0, 0.05) is 17.3 Å². The molecule has 2 aromatic carbocycles. The van der Waals surface area contributed by atoms with E-state index in [1.165, 1.54) is 7.11 Å². The fourth-order valence-electron chi connectivity index (χ4n) is 2.12. The number of hydrogen-bond acceptors (Lipinski definition) is 4. The lowest BCUT2D eigenvalue weighted by Crippen LogP contribution is -2.42. The summed E-state index contributed by atoms with van der Waals surface area (Å²) in [4.78, 5) is 35.9. The second kappa shape index (κ2) is 9.94. The highest BCUT2D eigenvalue weighted by Crippen LogP contribution is 2.23. The number of benzene rings is 2. The van der Waals surface area contributed by atoms with Crippen molar-refractivity contribution >= 4 is 50.9 Å². The summed E-state index contributed by atoms with van der Waals surface area (Å²) in [6, 6.07) is 11.7. The van der Waals surface area contributed by atoms with Crippen molar-refractivity contribution in [3.63, 3.8) is 0 Å². The molecular weight excluding hydrogens is 438 g/mol. The lowest BCUT2D eigenvalue weighted by molar-refractivity contribution is -0.124. The van der Waals surface area contributed by atoms with Crippen molar-refractivity contribution in [3.8, 4) is 5.75 Å². The average Bonchev–Trinajstić information content (AvgIpc) is 2.66. The minimum atomic E-state index is -0.540. The standard InChI is InChI=1S/C18H17BrClN3O4/c1-27-15-7-6-11(19)10-12(15)18(26)23-22-17(25)9-8-16(24)21-14-5-3-2-4-13(14)20/h2-7,10H,8-9H2,1H3,(H,21,24)(H,22,25)(H,23,26). The Bertz CT molecular complexity index is 860. The molecule has 0 fully saturated rings. The number of carbonyl (C=O) groups excluding carboxylic acids is 3. The molecule has 7 nitrogen and oxygen atoms in total. The van der Waals surface area contributed by atoms with Gasteiger partial charge in [0.1, 0.15) is 5.75 Å². The average molecular weight is 455 g/mol. The van der Waals surface area contributed by atoms with Crippen LogP contribution in [0.15, 0.2) is 46.9 Å². The smallest absolute Gasteiger partial charge is 0.273 e. The van der Waals surface area contributed by atoms with E-state index >= 15 is 0 Å². The number of halogens is 2. The zero-order valence-electron chi connectivity index (χ0n) is 14.3. The van der Waals surface area contributed by atoms with Crippen LogP contribution in [0.2, 0.25) is 5.02 Å². The van der Waals surface area contributed by atoms with Crippen LogP contribution in [-0.2, 0) is 9.59 Å². The predicted octanol–water partition coefficient (Wildman–Crippen LogP) is 3.29. The van der Waals surface area contributed by atoms with Crippen LogP contribution in [0.5, 0.6) is 5.75 Å². The van der Waals surface area contributed by atoms with Crippen LogP contribution in [-0.4, -0.2) is 24.8 Å². The first-order chi connectivity index (χ1) is 12.9. The first-order valence-corrected chi connectivity index (χ1v) is 9.05. The van der Waals surface area contributed by atoms with E-state index in [0.717, 1.165) is 0 Å². The summed E-state index contributed by atoms with van der Waals surface area (Å²) in [6.45, 7) is 0. The first kappa shape index (κ1) is 20.7. The van der Waals surface area contributed by atoms with Gasteiger partial charge in [-0.25, -0.2) is 0 Å². The molecule has 9 heteroatoms. The molecule has 0 aliphatic rings. The van der Waals surface area contributed by atoms with E-state index in [1.807, 2.05) is 0 Å². The Balaban J connectivity index is 1.81. The van der Waals surface area contributed by atoms with Crippen molar-refractivity contribution in [3.05, 3.63) is 57.5 Å². The van der Waals surface area contributed by atoms with Crippen LogP contribution in [0, 0.1) is 0 Å². The van der Waals surface area contributed by atoms with Crippen LogP contribution >= 0.6 is 27.5 Å². The maximum atomic E-state index is 12.2. The van der Waals surface area contributed by atoms with Gasteiger partial charge in [-0.3, -0.25) is 25.2 Å². The third kappa shape index (κ3) is 6.26. The number of methoxy groups -OCH3 is 1. The number of carbonyl (C=O) groups is 3. The normalized spacial score (nSPS) is 10.0. The summed E-state index contributed by atoms with van der Waals surface area (Å²) in [5.74, 6) is -1.05. The van der Waals surface area contributed by atoms with E-state index in [1.54, 1.807) is 42.5 Å². The number of anilines is 1. The van der Waals surface area contributed by atoms with E-state index < -0.39 is 11.8 Å². The van der Waals surface area contributed by atoms with Gasteiger partial charge in [-0.1, -0.05) is 39.7 Å². The Morgan fingerprint density at radius 3 is 2.44 bits per heavy atom. The molecule has 0 radical (unpaired) electrons. The van der Waals surface area contributed by atoms with Crippen molar-refractivity contribution in [2.45, 2.75) is 12.8 Å². The Morgan fingerprint density at radius 1 is 1.04 bits per heavy atom. The van der Waals surface area contributed by atoms with E-state index in [2.05, 4.69) is 32.1 Å². The summed E-state index contributed by atoms with van der Waals surface area (Å²) < 4.78 is 5.81. The van der Waals surface area contributed by atoms with Gasteiger partial charge < -0.3 is 10.1 Å². The van der Waals surface area contributed by atoms with Gasteiger partial charge in [0.2, 0.25) is 11.8 Å². The maximum Gasteiger partial charge on any atom is 0.273 e. The molecular formula is C18H17BrClN3O4. The molecule has 0 aromatic heterocycles. The highest BCUT2D eigenvalue weighted by molar-refractivity contribution is 9.10. The number of nitrogens with one attached hydrogen (secondary N) is 3. The number of hydrazine groups is 1. The van der Waals surface area contributed by atoms with E-state index in [0.29, 0.717) is 20.9 Å². The van der Waals surface area contributed by atoms with Gasteiger partial charge in [-0.05, 0) is 30.3 Å². The van der Waals surface area contributed by atoms with Crippen LogP contribution in [0.4, 0.5) is 5.69 Å². The van der Waals surface area contributed by atoms with E-state index in [9.17, 15) is 14.4 Å². The van der Waals surface area contributed by atoms with Gasteiger partial charge in [0.05, 0.1) is 23.4 Å². The Labute approximate surface area is 169 Å². The quantitative estimate of drug-likeness (QED) is 0.584. The maximum absolute atomic E-state index is 12.2. The zero-order valence-corrected chi connectivity index (χ0v) is 16.7. The number of amides is 3. The monoisotopic (exact) mass is 453 g/mol. The molecule has 3 amide bonds. The second-order valence-electron chi connectivity index (χ2n) is 5.37. The Kier molecular flexibility index (Phi) is 7.63. The number of ether oxygens (including phenoxy) is 1. The Morgan fingerprint density at radius 2 is 1.74 bits per heavy atom. The van der Waals surface area contributed by atoms with Gasteiger partial charge in [0.25, 0.3) is 5.91 Å². The van der Waals surface area contributed by atoms with Crippen LogP contribution in [0.3, 0.4) is 0 Å². The van der Waals surface area contributed by atoms with Crippen LogP contribution < -0.4 is 20.9 Å². The SMILES string of the molecule is COc1ccc(Br)cc1C(=O)NNC(=O)CCC(=O)Nc1ccccc1Cl. The van der Waals surface area contributed by atoms with Crippen molar-refractivity contribution in [1.82, 2.24) is 10.9 Å². The molecule has 0 aliphatic carbocycles. The number of rotatable bonds is 6. The molecule has 3 N–H and O–H groups in total. The van der Waals surface area contributed by atoms with Crippen LogP contribution in [0.25, 0.3) is 0 Å². The molecule has 142 valence electrons. The zero-order chi connectivity index (χ0) is 19.8. The summed E-state index contributed by atoms with van der Waals surface area (Å²) in [7, 11) is 1.44. The van der Waals surface area contributed by atoms with Crippen molar-refractivity contribution in [2.75, 3.05) is 12.4 Å². The highest BCUT2D eigenvalue weighted by Gasteiger charge is 2.14. The lowest BCUT2D eigenvalue weighted by atomic mass is 10.2. The fraction of sp³-hybridized carbons (Fsp3) is 0.167. The predicted molar refractivity (Wildman–Crippen MR) is 106 cm³/mol. The summed E-state index contributed by atoms with van der Waals surface area (Å²) >= 11 is 9.22. The molecule has 2 aromatic rings. The Hall–Kier alpha value is -2.58. The summed E-state index contributed by atoms with van der Waals surface area (Å²) in [5, 5.41) is 3.03. The molecule has 2 rings (SSSR count). The molecule has 0 aliphatic heterocycles. The molecule has 0 unspecified atom stereocenters. The van der Waals surface area contributed by atoms with Crippen molar-refractivity contribution < 1.29 is 19.1 Å². The third-order valence-corrected chi connectivity index (χ3v) is 4.27. The van der Waals surface area contributed by atoms with Gasteiger partial charge in [-0.15, -0.1) is 0 Å². The summed E-state index contributed by atoms with van der Waals surface area (Å²) in [5.41, 5.74) is 5.28. The molecule has 0 heterocycles. The van der Waals surface area contributed by atoms with Gasteiger partial charge in [-0.2, -0.15) is 0 Å². The van der Waals surface area contributed by atoms with Gasteiger partial charge in [0.15, 0.2) is 0 Å². The van der Waals surface area contributed by atoms with Crippen LogP contribution in [0.1, 0.15) is 23.2 Å². The second-order valence-corrected chi connectivity index (χ2v) is 6.70. The third-order valence-electron chi connectivity index (χ3n) is 3.45. The molecule has 0 spiro atoms. The lowest BCUT2D eigenvalue weighted by Gasteiger charge is -2.11. The molecule has 0 saturated heterocycles. The highest BCUT2D eigenvalue weighted by atomic mass is 79.9. The van der Waals surface area contributed by atoms with Crippen molar-refractivity contribution in [1.29, 1.82) is 0 Å². The number of hydrogen-bond donors (Lipinski definition) is 3. The summed E-state index contributed by atoms with van der Waals surface area (Å²) in [6.07, 6.45) is -0.167. The largest absolute Gasteiger partial charge is 0.496 e. The van der Waals surface area contributed by atoms with E-state index in [4.69, 9.17) is 16.3 Å². The van der Waals surface area contributed by atoms with Gasteiger partial charge >= 0.3 is 0 Å². The number of para-hydroxylation sites is 1. The fourth-order valence-corrected chi connectivity index (χ4v) is 2.66. The first-order valence-electron chi connectivity index (χ1n) is 7.88. The minimum Gasteiger partial charge on any atom is -0.496 e.